The summed E-state index contributed by atoms with van der Waals surface area (Å²) in [5.41, 5.74) is 2.76. The Balaban J connectivity index is 1.75. The first-order chi connectivity index (χ1) is 18.3. The average molecular weight is 560 g/mol. The molecule has 2 aliphatic rings. The van der Waals surface area contributed by atoms with Crippen LogP contribution in [0.3, 0.4) is 0 Å². The number of carbonyl (C=O) groups is 2. The van der Waals surface area contributed by atoms with E-state index in [1.54, 1.807) is 39.0 Å². The summed E-state index contributed by atoms with van der Waals surface area (Å²) in [6, 6.07) is 9.96. The molecule has 0 amide bonds. The van der Waals surface area contributed by atoms with Gasteiger partial charge in [-0.3, -0.25) is 4.79 Å². The van der Waals surface area contributed by atoms with E-state index >= 15 is 4.39 Å². The maximum atomic E-state index is 15.3. The lowest BCUT2D eigenvalue weighted by atomic mass is 9.71. The van der Waals surface area contributed by atoms with Gasteiger partial charge in [0.2, 0.25) is 0 Å². The Bertz CT molecular complexity index is 1290. The molecule has 0 unspecified atom stereocenters. The third kappa shape index (κ3) is 5.57. The molecule has 0 bridgehead atoms. The number of hydrogen-bond acceptors (Lipinski definition) is 7. The van der Waals surface area contributed by atoms with Crippen LogP contribution in [0.1, 0.15) is 49.7 Å². The van der Waals surface area contributed by atoms with Gasteiger partial charge in [-0.1, -0.05) is 30.7 Å². The van der Waals surface area contributed by atoms with E-state index in [0.717, 1.165) is 11.3 Å². The van der Waals surface area contributed by atoms with E-state index in [0.29, 0.717) is 40.6 Å². The number of carbonyl (C=O) groups excluding carboxylic acids is 2. The van der Waals surface area contributed by atoms with Gasteiger partial charge >= 0.3 is 5.97 Å². The maximum Gasteiger partial charge on any atom is 0.336 e. The van der Waals surface area contributed by atoms with Gasteiger partial charge in [0.1, 0.15) is 12.4 Å². The zero-order valence-electron chi connectivity index (χ0n) is 21.9. The van der Waals surface area contributed by atoms with Crippen LogP contribution >= 0.6 is 23.4 Å². The first-order valence-corrected chi connectivity index (χ1v) is 14.0. The van der Waals surface area contributed by atoms with Crippen molar-refractivity contribution in [3.63, 3.8) is 0 Å². The molecule has 0 saturated carbocycles. The second-order valence-corrected chi connectivity index (χ2v) is 10.9. The minimum Gasteiger partial charge on any atom is -0.493 e. The lowest BCUT2D eigenvalue weighted by Gasteiger charge is -2.37. The Labute approximate surface area is 231 Å². The summed E-state index contributed by atoms with van der Waals surface area (Å²) in [6.07, 6.45) is 0.680. The largest absolute Gasteiger partial charge is 0.493 e. The van der Waals surface area contributed by atoms with Crippen LogP contribution < -0.4 is 14.8 Å². The second kappa shape index (κ2) is 12.3. The predicted octanol–water partition coefficient (Wildman–Crippen LogP) is 6.15. The molecule has 0 spiro atoms. The van der Waals surface area contributed by atoms with Crippen molar-refractivity contribution in [3.8, 4) is 11.5 Å². The highest BCUT2D eigenvalue weighted by Crippen LogP contribution is 2.48. The van der Waals surface area contributed by atoms with Gasteiger partial charge in [0.05, 0.1) is 25.7 Å². The van der Waals surface area contributed by atoms with Crippen LogP contribution in [-0.2, 0) is 14.3 Å². The predicted molar refractivity (Wildman–Crippen MR) is 147 cm³/mol. The maximum absolute atomic E-state index is 15.3. The molecule has 0 radical (unpaired) electrons. The molecule has 2 aromatic rings. The highest BCUT2D eigenvalue weighted by molar-refractivity contribution is 7.99. The molecule has 1 aliphatic heterocycles. The number of dihydropyridines is 1. The van der Waals surface area contributed by atoms with Crippen molar-refractivity contribution in [2.75, 3.05) is 32.3 Å². The zero-order valence-corrected chi connectivity index (χ0v) is 23.4. The molecule has 4 rings (SSSR count). The van der Waals surface area contributed by atoms with Crippen molar-refractivity contribution in [2.24, 2.45) is 0 Å². The Morgan fingerprint density at radius 1 is 1.16 bits per heavy atom. The van der Waals surface area contributed by atoms with E-state index in [2.05, 4.69) is 5.32 Å². The number of esters is 1. The molecule has 0 saturated heterocycles. The van der Waals surface area contributed by atoms with E-state index in [1.807, 2.05) is 25.1 Å². The number of nitrogens with one attached hydrogen (secondary N) is 1. The van der Waals surface area contributed by atoms with Crippen LogP contribution in [0.5, 0.6) is 11.5 Å². The normalized spacial score (nSPS) is 19.2. The topological polar surface area (TPSA) is 73.9 Å². The van der Waals surface area contributed by atoms with Gasteiger partial charge in [0.25, 0.3) is 0 Å². The Kier molecular flexibility index (Phi) is 9.05. The lowest BCUT2D eigenvalue weighted by molar-refractivity contribution is -0.138. The van der Waals surface area contributed by atoms with Crippen LogP contribution in [-0.4, -0.2) is 44.1 Å². The smallest absolute Gasteiger partial charge is 0.336 e. The molecular formula is C29H31ClFNO5S. The summed E-state index contributed by atoms with van der Waals surface area (Å²) in [5, 5.41) is 3.43. The molecule has 38 heavy (non-hydrogen) atoms. The number of halogens is 2. The molecule has 1 aliphatic carbocycles. The fraction of sp³-hybridized carbons (Fsp3) is 0.379. The fourth-order valence-electron chi connectivity index (χ4n) is 5.14. The van der Waals surface area contributed by atoms with Crippen molar-refractivity contribution < 1.29 is 28.2 Å². The molecule has 2 aromatic carbocycles. The summed E-state index contributed by atoms with van der Waals surface area (Å²) in [4.78, 5) is 27.1. The number of thioether (sulfide) groups is 1. The van der Waals surface area contributed by atoms with Crippen molar-refractivity contribution in [2.45, 2.75) is 38.5 Å². The van der Waals surface area contributed by atoms with E-state index in [9.17, 15) is 9.59 Å². The van der Waals surface area contributed by atoms with Crippen molar-refractivity contribution in [1.82, 2.24) is 5.32 Å². The Morgan fingerprint density at radius 3 is 2.61 bits per heavy atom. The number of rotatable bonds is 9. The van der Waals surface area contributed by atoms with E-state index in [-0.39, 0.29) is 40.9 Å². The van der Waals surface area contributed by atoms with Gasteiger partial charge in [0, 0.05) is 39.7 Å². The molecule has 1 heterocycles. The van der Waals surface area contributed by atoms with Gasteiger partial charge in [-0.2, -0.15) is 11.8 Å². The second-order valence-electron chi connectivity index (χ2n) is 9.10. The quantitative estimate of drug-likeness (QED) is 0.291. The number of methoxy groups -OCH3 is 2. The van der Waals surface area contributed by atoms with Crippen LogP contribution in [0, 0.1) is 5.82 Å². The minimum atomic E-state index is -0.967. The average Bonchev–Trinajstić information content (AvgIpc) is 2.90. The van der Waals surface area contributed by atoms with E-state index in [4.69, 9.17) is 25.8 Å². The lowest BCUT2D eigenvalue weighted by Crippen LogP contribution is -2.36. The van der Waals surface area contributed by atoms with Crippen molar-refractivity contribution >= 4 is 35.1 Å². The SMILES string of the molecule is CCSCCOC(=O)C1=C(C)NC2=C(C(=O)C[C@@H](c3ccc(OC)c(OC)c3)C2)[C@@H]1c1c(F)cccc1Cl. The van der Waals surface area contributed by atoms with Gasteiger partial charge < -0.3 is 19.5 Å². The van der Waals surface area contributed by atoms with Crippen LogP contribution in [0.2, 0.25) is 5.02 Å². The number of Topliss-reactive ketones (excluding diaryl/α,β-unsaturated/α-hetero) is 1. The van der Waals surface area contributed by atoms with Crippen molar-refractivity contribution in [1.29, 1.82) is 0 Å². The highest BCUT2D eigenvalue weighted by atomic mass is 35.5. The van der Waals surface area contributed by atoms with Gasteiger partial charge in [-0.25, -0.2) is 9.18 Å². The number of allylic oxidation sites excluding steroid dienone is 3. The minimum absolute atomic E-state index is 0.107. The molecule has 0 aromatic heterocycles. The van der Waals surface area contributed by atoms with Gasteiger partial charge in [-0.05, 0) is 54.8 Å². The summed E-state index contributed by atoms with van der Waals surface area (Å²) >= 11 is 8.14. The summed E-state index contributed by atoms with van der Waals surface area (Å²) in [6.45, 7) is 3.99. The first-order valence-electron chi connectivity index (χ1n) is 12.4. The summed E-state index contributed by atoms with van der Waals surface area (Å²) < 4.78 is 31.6. The van der Waals surface area contributed by atoms with E-state index < -0.39 is 17.7 Å². The van der Waals surface area contributed by atoms with Crippen molar-refractivity contribution in [3.05, 3.63) is 80.9 Å². The standard InChI is InChI=1S/C29H31ClFNO5S/c1-5-38-12-11-37-29(34)25-16(2)32-21-13-18(17-9-10-23(35-3)24(15-17)36-4)14-22(33)27(21)28(25)26-19(30)7-6-8-20(26)31/h6-10,15,18,28,32H,5,11-14H2,1-4H3/t18-,28-/m0/s1. The number of ether oxygens (including phenoxy) is 3. The third-order valence-electron chi connectivity index (χ3n) is 6.88. The van der Waals surface area contributed by atoms with Gasteiger partial charge in [0.15, 0.2) is 17.3 Å². The molecule has 0 fully saturated rings. The number of hydrogen-bond donors (Lipinski definition) is 1. The fourth-order valence-corrected chi connectivity index (χ4v) is 5.90. The van der Waals surface area contributed by atoms with E-state index in [1.165, 1.54) is 12.1 Å². The van der Waals surface area contributed by atoms with Crippen LogP contribution in [0.15, 0.2) is 58.9 Å². The summed E-state index contributed by atoms with van der Waals surface area (Å²) in [5.74, 6) is 0.274. The molecular weight excluding hydrogens is 529 g/mol. The highest BCUT2D eigenvalue weighted by Gasteiger charge is 2.43. The zero-order chi connectivity index (χ0) is 27.4. The Morgan fingerprint density at radius 2 is 1.92 bits per heavy atom. The molecule has 202 valence electrons. The summed E-state index contributed by atoms with van der Waals surface area (Å²) in [7, 11) is 3.13. The molecule has 2 atom stereocenters. The number of benzene rings is 2. The molecule has 9 heteroatoms. The molecule has 1 N–H and O–H groups in total. The third-order valence-corrected chi connectivity index (χ3v) is 8.07. The monoisotopic (exact) mass is 559 g/mol. The Hall–Kier alpha value is -2.97. The van der Waals surface area contributed by atoms with Crippen LogP contribution in [0.4, 0.5) is 4.39 Å². The first kappa shape index (κ1) is 28.0. The van der Waals surface area contributed by atoms with Gasteiger partial charge in [-0.15, -0.1) is 0 Å². The van der Waals surface area contributed by atoms with Crippen LogP contribution in [0.25, 0.3) is 0 Å². The number of ketones is 1. The molecule has 6 nitrogen and oxygen atoms in total.